The van der Waals surface area contributed by atoms with Crippen molar-refractivity contribution in [1.82, 2.24) is 0 Å². The Labute approximate surface area is 104 Å². The molecule has 0 spiro atoms. The van der Waals surface area contributed by atoms with E-state index in [4.69, 9.17) is 0 Å². The molecule has 0 aliphatic rings. The van der Waals surface area contributed by atoms with Crippen molar-refractivity contribution in [2.24, 2.45) is 0 Å². The highest BCUT2D eigenvalue weighted by Gasteiger charge is 2.27. The highest BCUT2D eigenvalue weighted by atomic mass is 19.4. The Hall–Kier alpha value is -1.36. The van der Waals surface area contributed by atoms with Crippen molar-refractivity contribution in [2.45, 2.75) is 25.9 Å². The first-order chi connectivity index (χ1) is 8.38. The molecular weight excluding hydrogens is 245 g/mol. The van der Waals surface area contributed by atoms with Gasteiger partial charge in [0.2, 0.25) is 0 Å². The minimum absolute atomic E-state index is 0.0584. The van der Waals surface area contributed by atoms with Crippen LogP contribution < -0.4 is 0 Å². The maximum atomic E-state index is 11.8. The van der Waals surface area contributed by atoms with Crippen molar-refractivity contribution < 1.29 is 22.7 Å². The minimum Gasteiger partial charge on any atom is -0.372 e. The van der Waals surface area contributed by atoms with Gasteiger partial charge in [0, 0.05) is 18.6 Å². The monoisotopic (exact) mass is 260 g/mol. The standard InChI is InChI=1S/C13H15F3O2/c1-10-4-6-11(7-5-10)12(17)3-2-8-18-9-13(14,15)16/h4-7H,2-3,8-9H2,1H3. The van der Waals surface area contributed by atoms with Crippen LogP contribution >= 0.6 is 0 Å². The molecule has 100 valence electrons. The van der Waals surface area contributed by atoms with Crippen LogP contribution in [0.5, 0.6) is 0 Å². The van der Waals surface area contributed by atoms with Gasteiger partial charge in [0.05, 0.1) is 0 Å². The van der Waals surface area contributed by atoms with Crippen molar-refractivity contribution in [3.8, 4) is 0 Å². The molecule has 2 nitrogen and oxygen atoms in total. The summed E-state index contributed by atoms with van der Waals surface area (Å²) < 4.78 is 39.7. The van der Waals surface area contributed by atoms with Crippen LogP contribution in [0.4, 0.5) is 13.2 Å². The van der Waals surface area contributed by atoms with Gasteiger partial charge in [0.25, 0.3) is 0 Å². The van der Waals surface area contributed by atoms with Crippen LogP contribution in [0.25, 0.3) is 0 Å². The number of alkyl halides is 3. The molecule has 0 bridgehead atoms. The Morgan fingerprint density at radius 3 is 2.39 bits per heavy atom. The highest BCUT2D eigenvalue weighted by molar-refractivity contribution is 5.96. The second-order valence-electron chi connectivity index (χ2n) is 4.06. The van der Waals surface area contributed by atoms with Crippen LogP contribution in [0, 0.1) is 6.92 Å². The lowest BCUT2D eigenvalue weighted by Crippen LogP contribution is -2.17. The Kier molecular flexibility index (Phi) is 5.34. The lowest BCUT2D eigenvalue weighted by atomic mass is 10.1. The molecular formula is C13H15F3O2. The van der Waals surface area contributed by atoms with Crippen LogP contribution in [0.15, 0.2) is 24.3 Å². The number of aryl methyl sites for hydroxylation is 1. The minimum atomic E-state index is -4.30. The topological polar surface area (TPSA) is 26.3 Å². The summed E-state index contributed by atoms with van der Waals surface area (Å²) in [5.41, 5.74) is 1.64. The van der Waals surface area contributed by atoms with Crippen molar-refractivity contribution in [3.63, 3.8) is 0 Å². The van der Waals surface area contributed by atoms with Gasteiger partial charge in [-0.2, -0.15) is 13.2 Å². The van der Waals surface area contributed by atoms with Crippen LogP contribution in [0.2, 0.25) is 0 Å². The predicted octanol–water partition coefficient (Wildman–Crippen LogP) is 3.54. The third-order valence-electron chi connectivity index (χ3n) is 2.33. The maximum absolute atomic E-state index is 11.8. The van der Waals surface area contributed by atoms with Crippen molar-refractivity contribution in [2.75, 3.05) is 13.2 Å². The number of carbonyl (C=O) groups excluding carboxylic acids is 1. The molecule has 1 aromatic carbocycles. The van der Waals surface area contributed by atoms with Crippen LogP contribution in [-0.2, 0) is 4.74 Å². The molecule has 0 amide bonds. The van der Waals surface area contributed by atoms with Crippen molar-refractivity contribution in [3.05, 3.63) is 35.4 Å². The molecule has 0 fully saturated rings. The number of halogens is 3. The molecule has 0 N–H and O–H groups in total. The second-order valence-corrected chi connectivity index (χ2v) is 4.06. The van der Waals surface area contributed by atoms with Gasteiger partial charge in [-0.3, -0.25) is 4.79 Å². The average molecular weight is 260 g/mol. The van der Waals surface area contributed by atoms with E-state index in [1.54, 1.807) is 12.1 Å². The number of hydrogen-bond acceptors (Lipinski definition) is 2. The van der Waals surface area contributed by atoms with Gasteiger partial charge < -0.3 is 4.74 Å². The van der Waals surface area contributed by atoms with E-state index in [1.165, 1.54) is 0 Å². The van der Waals surface area contributed by atoms with Gasteiger partial charge in [-0.25, -0.2) is 0 Å². The first kappa shape index (κ1) is 14.7. The Morgan fingerprint density at radius 2 is 1.83 bits per heavy atom. The van der Waals surface area contributed by atoms with E-state index in [1.807, 2.05) is 19.1 Å². The summed E-state index contributed by atoms with van der Waals surface area (Å²) in [4.78, 5) is 11.6. The largest absolute Gasteiger partial charge is 0.411 e. The molecule has 0 aromatic heterocycles. The summed E-state index contributed by atoms with van der Waals surface area (Å²) in [6.45, 7) is 0.599. The number of benzene rings is 1. The zero-order valence-corrected chi connectivity index (χ0v) is 10.1. The van der Waals surface area contributed by atoms with E-state index >= 15 is 0 Å². The fourth-order valence-electron chi connectivity index (χ4n) is 1.41. The predicted molar refractivity (Wildman–Crippen MR) is 61.6 cm³/mol. The number of ketones is 1. The zero-order chi connectivity index (χ0) is 13.6. The Bertz CT molecular complexity index is 382. The lowest BCUT2D eigenvalue weighted by molar-refractivity contribution is -0.173. The first-order valence-electron chi connectivity index (χ1n) is 5.63. The van der Waals surface area contributed by atoms with Crippen LogP contribution in [0.1, 0.15) is 28.8 Å². The van der Waals surface area contributed by atoms with Gasteiger partial charge in [-0.1, -0.05) is 29.8 Å². The number of rotatable bonds is 6. The fourth-order valence-corrected chi connectivity index (χ4v) is 1.41. The van der Waals surface area contributed by atoms with E-state index in [-0.39, 0.29) is 18.8 Å². The highest BCUT2D eigenvalue weighted by Crippen LogP contribution is 2.14. The lowest BCUT2D eigenvalue weighted by Gasteiger charge is -2.07. The first-order valence-corrected chi connectivity index (χ1v) is 5.63. The summed E-state index contributed by atoms with van der Waals surface area (Å²) in [6.07, 6.45) is -3.81. The summed E-state index contributed by atoms with van der Waals surface area (Å²) >= 11 is 0. The van der Waals surface area contributed by atoms with E-state index < -0.39 is 12.8 Å². The molecule has 0 atom stereocenters. The third kappa shape index (κ3) is 5.82. The average Bonchev–Trinajstić information content (AvgIpc) is 2.27. The fraction of sp³-hybridized carbons (Fsp3) is 0.462. The Balaban J connectivity index is 2.24. The van der Waals surface area contributed by atoms with Gasteiger partial charge >= 0.3 is 6.18 Å². The van der Waals surface area contributed by atoms with Gasteiger partial charge in [-0.15, -0.1) is 0 Å². The quantitative estimate of drug-likeness (QED) is 0.577. The van der Waals surface area contributed by atoms with Crippen LogP contribution in [-0.4, -0.2) is 25.2 Å². The zero-order valence-electron chi connectivity index (χ0n) is 10.1. The molecule has 0 aliphatic heterocycles. The normalized spacial score (nSPS) is 11.6. The van der Waals surface area contributed by atoms with Crippen LogP contribution in [0.3, 0.4) is 0 Å². The van der Waals surface area contributed by atoms with Gasteiger partial charge in [0.15, 0.2) is 5.78 Å². The smallest absolute Gasteiger partial charge is 0.372 e. The molecule has 18 heavy (non-hydrogen) atoms. The molecule has 0 heterocycles. The summed E-state index contributed by atoms with van der Waals surface area (Å²) in [5.74, 6) is -0.0781. The SMILES string of the molecule is Cc1ccc(C(=O)CCCOCC(F)(F)F)cc1. The van der Waals surface area contributed by atoms with E-state index in [9.17, 15) is 18.0 Å². The maximum Gasteiger partial charge on any atom is 0.411 e. The van der Waals surface area contributed by atoms with Gasteiger partial charge in [-0.05, 0) is 13.3 Å². The summed E-state index contributed by atoms with van der Waals surface area (Å²) in [6, 6.07) is 7.09. The molecule has 1 aromatic rings. The van der Waals surface area contributed by atoms with Gasteiger partial charge in [0.1, 0.15) is 6.61 Å². The third-order valence-corrected chi connectivity index (χ3v) is 2.33. The number of carbonyl (C=O) groups is 1. The van der Waals surface area contributed by atoms with Crippen molar-refractivity contribution >= 4 is 5.78 Å². The summed E-state index contributed by atoms with van der Waals surface area (Å²) in [5, 5.41) is 0. The molecule has 0 unspecified atom stereocenters. The number of hydrogen-bond donors (Lipinski definition) is 0. The molecule has 0 radical (unpaired) electrons. The molecule has 0 saturated carbocycles. The molecule has 5 heteroatoms. The van der Waals surface area contributed by atoms with E-state index in [0.29, 0.717) is 12.0 Å². The van der Waals surface area contributed by atoms with E-state index in [0.717, 1.165) is 5.56 Å². The van der Waals surface area contributed by atoms with E-state index in [2.05, 4.69) is 4.74 Å². The Morgan fingerprint density at radius 1 is 1.22 bits per heavy atom. The number of Topliss-reactive ketones (excluding diaryl/α,β-unsaturated/α-hetero) is 1. The molecule has 1 rings (SSSR count). The number of ether oxygens (including phenoxy) is 1. The second kappa shape index (κ2) is 6.54. The molecule has 0 saturated heterocycles. The summed E-state index contributed by atoms with van der Waals surface area (Å²) in [7, 11) is 0. The van der Waals surface area contributed by atoms with Crippen molar-refractivity contribution in [1.29, 1.82) is 0 Å². The molecule has 0 aliphatic carbocycles.